The van der Waals surface area contributed by atoms with E-state index in [1.54, 1.807) is 13.2 Å². The highest BCUT2D eigenvalue weighted by Crippen LogP contribution is 2.43. The molecular formula is C30H31NO4. The lowest BCUT2D eigenvalue weighted by molar-refractivity contribution is -0.132. The zero-order valence-electron chi connectivity index (χ0n) is 21.0. The third kappa shape index (κ3) is 4.34. The van der Waals surface area contributed by atoms with Crippen LogP contribution in [0.1, 0.15) is 59.2 Å². The van der Waals surface area contributed by atoms with Crippen LogP contribution in [0.2, 0.25) is 0 Å². The summed E-state index contributed by atoms with van der Waals surface area (Å²) in [6.45, 7) is 9.89. The minimum Gasteiger partial charge on any atom is -0.507 e. The predicted octanol–water partition coefficient (Wildman–Crippen LogP) is 6.37. The number of ether oxygens (including phenoxy) is 1. The van der Waals surface area contributed by atoms with Gasteiger partial charge in [0, 0.05) is 11.3 Å². The van der Waals surface area contributed by atoms with Crippen molar-refractivity contribution in [3.05, 3.63) is 99.6 Å². The number of aryl methyl sites for hydroxylation is 3. The topological polar surface area (TPSA) is 66.8 Å². The molecule has 1 N–H and O–H groups in total. The van der Waals surface area contributed by atoms with E-state index in [2.05, 4.69) is 13.8 Å². The number of benzene rings is 3. The molecule has 0 aromatic heterocycles. The Hall–Kier alpha value is -3.86. The normalized spacial score (nSPS) is 17.3. The van der Waals surface area contributed by atoms with Gasteiger partial charge in [0.05, 0.1) is 18.7 Å². The van der Waals surface area contributed by atoms with Gasteiger partial charge in [-0.1, -0.05) is 55.8 Å². The van der Waals surface area contributed by atoms with Gasteiger partial charge in [-0.2, -0.15) is 0 Å². The second-order valence-corrected chi connectivity index (χ2v) is 9.47. The molecule has 180 valence electrons. The Bertz CT molecular complexity index is 1330. The molecule has 1 heterocycles. The van der Waals surface area contributed by atoms with Crippen molar-refractivity contribution in [2.75, 3.05) is 12.0 Å². The number of carbonyl (C=O) groups is 2. The van der Waals surface area contributed by atoms with Gasteiger partial charge in [-0.15, -0.1) is 0 Å². The van der Waals surface area contributed by atoms with Gasteiger partial charge in [0.2, 0.25) is 0 Å². The summed E-state index contributed by atoms with van der Waals surface area (Å²) in [6.07, 6.45) is 0. The van der Waals surface area contributed by atoms with Gasteiger partial charge in [-0.25, -0.2) is 0 Å². The number of carbonyl (C=O) groups excluding carboxylic acids is 2. The smallest absolute Gasteiger partial charge is 0.300 e. The summed E-state index contributed by atoms with van der Waals surface area (Å²) in [4.78, 5) is 28.3. The van der Waals surface area contributed by atoms with Crippen LogP contribution in [0.5, 0.6) is 5.75 Å². The molecule has 1 amide bonds. The van der Waals surface area contributed by atoms with E-state index in [0.29, 0.717) is 22.9 Å². The van der Waals surface area contributed by atoms with Crippen LogP contribution >= 0.6 is 0 Å². The standard InChI is InChI=1S/C30H31NO4/c1-17(2)21-10-12-23(13-11-21)31-27(22-9-7-8-18(3)14-22)26(29(33)30(31)34)28(32)24-15-20(5)25(35-6)16-19(24)4/h7-17,27,32H,1-6H3/b28-26+. The van der Waals surface area contributed by atoms with E-state index in [0.717, 1.165) is 27.8 Å². The molecule has 0 radical (unpaired) electrons. The Morgan fingerprint density at radius 1 is 0.943 bits per heavy atom. The molecule has 1 fully saturated rings. The second-order valence-electron chi connectivity index (χ2n) is 9.47. The fraction of sp³-hybridized carbons (Fsp3) is 0.267. The molecule has 0 aliphatic carbocycles. The molecule has 5 heteroatoms. The van der Waals surface area contributed by atoms with Crippen molar-refractivity contribution in [1.82, 2.24) is 0 Å². The molecule has 1 atom stereocenters. The van der Waals surface area contributed by atoms with Crippen LogP contribution in [0, 0.1) is 20.8 Å². The molecule has 0 spiro atoms. The van der Waals surface area contributed by atoms with Crippen LogP contribution in [-0.4, -0.2) is 23.9 Å². The van der Waals surface area contributed by atoms with Crippen LogP contribution < -0.4 is 9.64 Å². The highest BCUT2D eigenvalue weighted by atomic mass is 16.5. The fourth-order valence-corrected chi connectivity index (χ4v) is 4.68. The number of Topliss-reactive ketones (excluding diaryl/α,β-unsaturated/α-hetero) is 1. The molecule has 5 nitrogen and oxygen atoms in total. The van der Waals surface area contributed by atoms with Crippen molar-refractivity contribution in [3.8, 4) is 5.75 Å². The number of ketones is 1. The van der Waals surface area contributed by atoms with E-state index in [1.807, 2.05) is 75.4 Å². The number of aliphatic hydroxyl groups excluding tert-OH is 1. The molecule has 35 heavy (non-hydrogen) atoms. The molecule has 1 saturated heterocycles. The lowest BCUT2D eigenvalue weighted by Gasteiger charge is -2.26. The summed E-state index contributed by atoms with van der Waals surface area (Å²) < 4.78 is 5.40. The number of nitrogens with zero attached hydrogens (tertiary/aromatic N) is 1. The van der Waals surface area contributed by atoms with Crippen molar-refractivity contribution in [3.63, 3.8) is 0 Å². The Labute approximate surface area is 206 Å². The average molecular weight is 470 g/mol. The lowest BCUT2D eigenvalue weighted by Crippen LogP contribution is -2.29. The molecule has 3 aromatic rings. The first kappa shape index (κ1) is 24.3. The first-order chi connectivity index (χ1) is 16.6. The summed E-state index contributed by atoms with van der Waals surface area (Å²) in [5.74, 6) is -0.499. The molecule has 3 aromatic carbocycles. The number of rotatable bonds is 5. The summed E-state index contributed by atoms with van der Waals surface area (Å²) in [5, 5.41) is 11.5. The van der Waals surface area contributed by atoms with Crippen LogP contribution in [0.15, 0.2) is 66.2 Å². The van der Waals surface area contributed by atoms with Gasteiger partial charge in [-0.05, 0) is 73.2 Å². The maximum absolute atomic E-state index is 13.4. The summed E-state index contributed by atoms with van der Waals surface area (Å²) in [7, 11) is 1.59. The van der Waals surface area contributed by atoms with Gasteiger partial charge in [0.15, 0.2) is 0 Å². The number of amides is 1. The summed E-state index contributed by atoms with van der Waals surface area (Å²) in [6, 6.07) is 18.3. The monoisotopic (exact) mass is 469 g/mol. The molecule has 1 unspecified atom stereocenters. The van der Waals surface area contributed by atoms with Crippen molar-refractivity contribution in [2.24, 2.45) is 0 Å². The molecule has 0 bridgehead atoms. The zero-order chi connectivity index (χ0) is 25.4. The fourth-order valence-electron chi connectivity index (χ4n) is 4.68. The Morgan fingerprint density at radius 3 is 2.23 bits per heavy atom. The maximum Gasteiger partial charge on any atom is 0.300 e. The Kier molecular flexibility index (Phi) is 6.53. The summed E-state index contributed by atoms with van der Waals surface area (Å²) in [5.41, 5.74) is 5.69. The number of aliphatic hydroxyl groups is 1. The lowest BCUT2D eigenvalue weighted by atomic mass is 9.92. The molecular weight excluding hydrogens is 438 g/mol. The van der Waals surface area contributed by atoms with Crippen molar-refractivity contribution >= 4 is 23.1 Å². The van der Waals surface area contributed by atoms with E-state index in [4.69, 9.17) is 4.74 Å². The Balaban J connectivity index is 1.95. The zero-order valence-corrected chi connectivity index (χ0v) is 21.0. The third-order valence-corrected chi connectivity index (χ3v) is 6.64. The quantitative estimate of drug-likeness (QED) is 0.268. The second kappa shape index (κ2) is 9.41. The number of hydrogen-bond acceptors (Lipinski definition) is 4. The molecule has 0 saturated carbocycles. The summed E-state index contributed by atoms with van der Waals surface area (Å²) >= 11 is 0. The van der Waals surface area contributed by atoms with E-state index in [1.165, 1.54) is 4.90 Å². The van der Waals surface area contributed by atoms with Crippen molar-refractivity contribution < 1.29 is 19.4 Å². The van der Waals surface area contributed by atoms with Crippen LogP contribution in [0.3, 0.4) is 0 Å². The van der Waals surface area contributed by atoms with E-state index < -0.39 is 17.7 Å². The minimum atomic E-state index is -0.749. The average Bonchev–Trinajstić information content (AvgIpc) is 3.10. The van der Waals surface area contributed by atoms with E-state index >= 15 is 0 Å². The van der Waals surface area contributed by atoms with Gasteiger partial charge in [-0.3, -0.25) is 14.5 Å². The Morgan fingerprint density at radius 2 is 1.63 bits per heavy atom. The van der Waals surface area contributed by atoms with Crippen LogP contribution in [-0.2, 0) is 9.59 Å². The molecule has 1 aliphatic rings. The molecule has 1 aliphatic heterocycles. The number of methoxy groups -OCH3 is 1. The number of anilines is 1. The first-order valence-corrected chi connectivity index (χ1v) is 11.8. The van der Waals surface area contributed by atoms with Crippen LogP contribution in [0.4, 0.5) is 5.69 Å². The predicted molar refractivity (Wildman–Crippen MR) is 139 cm³/mol. The van der Waals surface area contributed by atoms with Crippen LogP contribution in [0.25, 0.3) is 5.76 Å². The van der Waals surface area contributed by atoms with Gasteiger partial charge >= 0.3 is 0 Å². The van der Waals surface area contributed by atoms with Gasteiger partial charge in [0.25, 0.3) is 11.7 Å². The van der Waals surface area contributed by atoms with E-state index in [9.17, 15) is 14.7 Å². The maximum atomic E-state index is 13.4. The van der Waals surface area contributed by atoms with Gasteiger partial charge < -0.3 is 9.84 Å². The number of hydrogen-bond donors (Lipinski definition) is 1. The van der Waals surface area contributed by atoms with Crippen molar-refractivity contribution in [2.45, 2.75) is 46.6 Å². The van der Waals surface area contributed by atoms with E-state index in [-0.39, 0.29) is 11.3 Å². The van der Waals surface area contributed by atoms with Gasteiger partial charge in [0.1, 0.15) is 11.5 Å². The third-order valence-electron chi connectivity index (χ3n) is 6.64. The van der Waals surface area contributed by atoms with Crippen molar-refractivity contribution in [1.29, 1.82) is 0 Å². The SMILES string of the molecule is COc1cc(C)c(/C(O)=C2\C(=O)C(=O)N(c3ccc(C(C)C)cc3)C2c2cccc(C)c2)cc1C. The largest absolute Gasteiger partial charge is 0.507 e. The minimum absolute atomic E-state index is 0.0844. The first-order valence-electron chi connectivity index (χ1n) is 11.8. The highest BCUT2D eigenvalue weighted by Gasteiger charge is 2.47. The molecule has 4 rings (SSSR count). The highest BCUT2D eigenvalue weighted by molar-refractivity contribution is 6.51.